The zero-order valence-corrected chi connectivity index (χ0v) is 10.9. The zero-order chi connectivity index (χ0) is 13.1. The van der Waals surface area contributed by atoms with Gasteiger partial charge < -0.3 is 5.32 Å². The van der Waals surface area contributed by atoms with Gasteiger partial charge in [0.2, 0.25) is 0 Å². The van der Waals surface area contributed by atoms with Crippen molar-refractivity contribution < 1.29 is 4.39 Å². The normalized spacial score (nSPS) is 10.9. The van der Waals surface area contributed by atoms with Crippen molar-refractivity contribution in [3.05, 3.63) is 47.5 Å². The Morgan fingerprint density at radius 1 is 1.39 bits per heavy atom. The van der Waals surface area contributed by atoms with Crippen LogP contribution < -0.4 is 5.32 Å². The van der Waals surface area contributed by atoms with E-state index in [9.17, 15) is 4.39 Å². The summed E-state index contributed by atoms with van der Waals surface area (Å²) in [6.07, 6.45) is 3.84. The van der Waals surface area contributed by atoms with Crippen LogP contribution in [0.4, 0.5) is 10.1 Å². The van der Waals surface area contributed by atoms with E-state index in [-0.39, 0.29) is 5.82 Å². The first kappa shape index (κ1) is 12.6. The molecular formula is C14H18FN3. The highest BCUT2D eigenvalue weighted by Gasteiger charge is 2.03. The molecule has 1 aromatic heterocycles. The van der Waals surface area contributed by atoms with Gasteiger partial charge in [-0.25, -0.2) is 4.39 Å². The lowest BCUT2D eigenvalue weighted by Gasteiger charge is -2.08. The molecule has 18 heavy (non-hydrogen) atoms. The first-order valence-electron chi connectivity index (χ1n) is 6.09. The second-order valence-corrected chi connectivity index (χ2v) is 4.74. The molecule has 0 bridgehead atoms. The quantitative estimate of drug-likeness (QED) is 0.895. The van der Waals surface area contributed by atoms with Crippen molar-refractivity contribution in [2.45, 2.75) is 33.4 Å². The predicted octanol–water partition coefficient (Wildman–Crippen LogP) is 3.52. The van der Waals surface area contributed by atoms with E-state index in [0.717, 1.165) is 16.8 Å². The van der Waals surface area contributed by atoms with E-state index in [1.807, 2.05) is 24.0 Å². The molecule has 0 aliphatic carbocycles. The van der Waals surface area contributed by atoms with E-state index in [2.05, 4.69) is 24.3 Å². The molecule has 0 fully saturated rings. The Hall–Kier alpha value is -1.84. The molecule has 4 heteroatoms. The van der Waals surface area contributed by atoms with Crippen LogP contribution in [-0.4, -0.2) is 9.78 Å². The van der Waals surface area contributed by atoms with Gasteiger partial charge >= 0.3 is 0 Å². The summed E-state index contributed by atoms with van der Waals surface area (Å²) in [5.74, 6) is -0.221. The molecular weight excluding hydrogens is 229 g/mol. The van der Waals surface area contributed by atoms with Crippen molar-refractivity contribution in [2.75, 3.05) is 5.32 Å². The maximum absolute atomic E-state index is 13.1. The van der Waals surface area contributed by atoms with Crippen molar-refractivity contribution in [1.82, 2.24) is 9.78 Å². The minimum atomic E-state index is -0.221. The fraction of sp³-hybridized carbons (Fsp3) is 0.357. The molecule has 2 aromatic rings. The van der Waals surface area contributed by atoms with E-state index in [0.29, 0.717) is 12.6 Å². The maximum Gasteiger partial charge on any atom is 0.125 e. The Bertz CT molecular complexity index is 532. The van der Waals surface area contributed by atoms with Gasteiger partial charge in [-0.05, 0) is 38.5 Å². The van der Waals surface area contributed by atoms with Crippen LogP contribution >= 0.6 is 0 Å². The smallest absolute Gasteiger partial charge is 0.125 e. The lowest BCUT2D eigenvalue weighted by Crippen LogP contribution is -2.02. The van der Waals surface area contributed by atoms with Crippen molar-refractivity contribution >= 4 is 5.69 Å². The van der Waals surface area contributed by atoms with Crippen LogP contribution in [0.2, 0.25) is 0 Å². The number of rotatable bonds is 4. The minimum Gasteiger partial charge on any atom is -0.381 e. The Morgan fingerprint density at radius 2 is 2.17 bits per heavy atom. The maximum atomic E-state index is 13.1. The van der Waals surface area contributed by atoms with Gasteiger partial charge in [0.1, 0.15) is 5.82 Å². The Balaban J connectivity index is 2.04. The molecule has 0 unspecified atom stereocenters. The zero-order valence-electron chi connectivity index (χ0n) is 10.9. The third-order valence-electron chi connectivity index (χ3n) is 2.87. The Kier molecular flexibility index (Phi) is 3.65. The number of halogens is 1. The van der Waals surface area contributed by atoms with Crippen LogP contribution in [0.1, 0.15) is 31.0 Å². The van der Waals surface area contributed by atoms with Gasteiger partial charge in [0.05, 0.1) is 6.20 Å². The van der Waals surface area contributed by atoms with Crippen molar-refractivity contribution in [3.63, 3.8) is 0 Å². The van der Waals surface area contributed by atoms with E-state index in [4.69, 9.17) is 0 Å². The number of aromatic nitrogens is 2. The molecule has 0 saturated carbocycles. The molecule has 0 atom stereocenters. The second kappa shape index (κ2) is 5.21. The number of nitrogens with one attached hydrogen (secondary N) is 1. The van der Waals surface area contributed by atoms with Crippen molar-refractivity contribution in [1.29, 1.82) is 0 Å². The van der Waals surface area contributed by atoms with Crippen molar-refractivity contribution in [2.24, 2.45) is 0 Å². The lowest BCUT2D eigenvalue weighted by atomic mass is 10.2. The van der Waals surface area contributed by atoms with Crippen LogP contribution in [-0.2, 0) is 6.54 Å². The highest BCUT2D eigenvalue weighted by Crippen LogP contribution is 2.17. The molecule has 0 saturated heterocycles. The lowest BCUT2D eigenvalue weighted by molar-refractivity contribution is 0.532. The number of aryl methyl sites for hydroxylation is 1. The molecule has 1 aromatic carbocycles. The molecule has 2 rings (SSSR count). The average molecular weight is 247 g/mol. The molecule has 0 amide bonds. The Labute approximate surface area is 107 Å². The van der Waals surface area contributed by atoms with Gasteiger partial charge in [0, 0.05) is 30.0 Å². The third-order valence-corrected chi connectivity index (χ3v) is 2.87. The topological polar surface area (TPSA) is 29.9 Å². The summed E-state index contributed by atoms with van der Waals surface area (Å²) in [6.45, 7) is 6.78. The van der Waals surface area contributed by atoms with E-state index < -0.39 is 0 Å². The predicted molar refractivity (Wildman–Crippen MR) is 71.1 cm³/mol. The third kappa shape index (κ3) is 2.88. The molecule has 0 radical (unpaired) electrons. The first-order chi connectivity index (χ1) is 8.56. The van der Waals surface area contributed by atoms with Crippen LogP contribution in [0.15, 0.2) is 30.6 Å². The molecule has 0 aliphatic rings. The van der Waals surface area contributed by atoms with Gasteiger partial charge in [-0.15, -0.1) is 0 Å². The van der Waals surface area contributed by atoms with Crippen LogP contribution in [0, 0.1) is 12.7 Å². The fourth-order valence-corrected chi connectivity index (χ4v) is 1.73. The van der Waals surface area contributed by atoms with Crippen LogP contribution in [0.3, 0.4) is 0 Å². The van der Waals surface area contributed by atoms with Crippen molar-refractivity contribution in [3.8, 4) is 0 Å². The number of hydrogen-bond acceptors (Lipinski definition) is 2. The SMILES string of the molecule is Cc1ccc(F)cc1NCc1cnn(C(C)C)c1. The van der Waals surface area contributed by atoms with E-state index >= 15 is 0 Å². The summed E-state index contributed by atoms with van der Waals surface area (Å²) in [5, 5.41) is 7.50. The van der Waals surface area contributed by atoms with E-state index in [1.165, 1.54) is 12.1 Å². The van der Waals surface area contributed by atoms with Gasteiger partial charge in [0.25, 0.3) is 0 Å². The van der Waals surface area contributed by atoms with Gasteiger partial charge in [-0.3, -0.25) is 4.68 Å². The molecule has 0 aliphatic heterocycles. The van der Waals surface area contributed by atoms with Gasteiger partial charge in [0.15, 0.2) is 0 Å². The monoisotopic (exact) mass is 247 g/mol. The summed E-state index contributed by atoms with van der Waals surface area (Å²) in [4.78, 5) is 0. The molecule has 0 spiro atoms. The fourth-order valence-electron chi connectivity index (χ4n) is 1.73. The van der Waals surface area contributed by atoms with Gasteiger partial charge in [-0.1, -0.05) is 6.07 Å². The number of nitrogens with zero attached hydrogens (tertiary/aromatic N) is 2. The van der Waals surface area contributed by atoms with E-state index in [1.54, 1.807) is 6.07 Å². The minimum absolute atomic E-state index is 0.221. The molecule has 1 N–H and O–H groups in total. The summed E-state index contributed by atoms with van der Waals surface area (Å²) in [5.41, 5.74) is 2.95. The van der Waals surface area contributed by atoms with Gasteiger partial charge in [-0.2, -0.15) is 5.10 Å². The molecule has 3 nitrogen and oxygen atoms in total. The summed E-state index contributed by atoms with van der Waals surface area (Å²) >= 11 is 0. The summed E-state index contributed by atoms with van der Waals surface area (Å²) < 4.78 is 15.0. The average Bonchev–Trinajstić information content (AvgIpc) is 2.79. The number of anilines is 1. The molecule has 96 valence electrons. The Morgan fingerprint density at radius 3 is 2.83 bits per heavy atom. The highest BCUT2D eigenvalue weighted by atomic mass is 19.1. The largest absolute Gasteiger partial charge is 0.381 e. The second-order valence-electron chi connectivity index (χ2n) is 4.74. The van der Waals surface area contributed by atoms with Crippen LogP contribution in [0.25, 0.3) is 0 Å². The number of benzene rings is 1. The number of hydrogen-bond donors (Lipinski definition) is 1. The standard InChI is InChI=1S/C14H18FN3/c1-10(2)18-9-12(8-17-18)7-16-14-6-13(15)5-4-11(14)3/h4-6,8-10,16H,7H2,1-3H3. The molecule has 1 heterocycles. The van der Waals surface area contributed by atoms with Crippen LogP contribution in [0.5, 0.6) is 0 Å². The summed E-state index contributed by atoms with van der Waals surface area (Å²) in [7, 11) is 0. The highest BCUT2D eigenvalue weighted by molar-refractivity contribution is 5.50. The summed E-state index contributed by atoms with van der Waals surface area (Å²) in [6, 6.07) is 5.11. The first-order valence-corrected chi connectivity index (χ1v) is 6.09.